The zero-order chi connectivity index (χ0) is 23.3. The van der Waals surface area contributed by atoms with Gasteiger partial charge in [-0.2, -0.15) is 5.26 Å². The first kappa shape index (κ1) is 24.2. The molecule has 10 nitrogen and oxygen atoms in total. The highest BCUT2D eigenvalue weighted by Gasteiger charge is 2.38. The van der Waals surface area contributed by atoms with E-state index in [4.69, 9.17) is 9.05 Å². The number of piperidine rings is 1. The van der Waals surface area contributed by atoms with Gasteiger partial charge in [-0.15, -0.1) is 0 Å². The van der Waals surface area contributed by atoms with Crippen LogP contribution in [-0.4, -0.2) is 71.3 Å². The van der Waals surface area contributed by atoms with Crippen molar-refractivity contribution in [3.05, 3.63) is 18.6 Å². The van der Waals surface area contributed by atoms with Crippen molar-refractivity contribution in [2.75, 3.05) is 44.4 Å². The van der Waals surface area contributed by atoms with Gasteiger partial charge in [0.05, 0.1) is 36.9 Å². The van der Waals surface area contributed by atoms with Crippen LogP contribution < -0.4 is 4.90 Å². The first-order valence-corrected chi connectivity index (χ1v) is 12.6. The molecule has 11 heteroatoms. The van der Waals surface area contributed by atoms with E-state index in [0.29, 0.717) is 19.0 Å². The number of anilines is 1. The number of nitrogens with zero attached hydrogens (tertiary/aromatic N) is 5. The highest BCUT2D eigenvalue weighted by Crippen LogP contribution is 2.49. The number of H-pyrrole nitrogens is 1. The van der Waals surface area contributed by atoms with Gasteiger partial charge >= 0.3 is 7.60 Å². The molecule has 174 valence electrons. The zero-order valence-corrected chi connectivity index (χ0v) is 19.9. The van der Waals surface area contributed by atoms with Crippen molar-refractivity contribution in [3.8, 4) is 6.07 Å². The Labute approximate surface area is 188 Å². The van der Waals surface area contributed by atoms with Crippen LogP contribution in [0.5, 0.6) is 0 Å². The molecule has 1 aliphatic rings. The lowest BCUT2D eigenvalue weighted by molar-refractivity contribution is -0.135. The molecule has 0 saturated carbocycles. The molecular weight excluding hydrogens is 431 g/mol. The van der Waals surface area contributed by atoms with E-state index in [-0.39, 0.29) is 31.3 Å². The SMILES string of the molecule is CCOP(=O)(CC(C#N)C(=O)N1CCC(C)C(N(C)c2ncnc3[nH]ccc23)C1)OCC. The van der Waals surface area contributed by atoms with E-state index >= 15 is 0 Å². The average Bonchev–Trinajstić information content (AvgIpc) is 3.26. The van der Waals surface area contributed by atoms with Crippen molar-refractivity contribution < 1.29 is 18.4 Å². The number of likely N-dealkylation sites (N-methyl/N-ethyl adjacent to an activating group) is 1. The Morgan fingerprint density at radius 3 is 2.78 bits per heavy atom. The summed E-state index contributed by atoms with van der Waals surface area (Å²) in [5.74, 6) is -0.330. The van der Waals surface area contributed by atoms with Gasteiger partial charge in [-0.05, 0) is 32.3 Å². The Balaban J connectivity index is 1.77. The molecule has 3 atom stereocenters. The molecule has 0 spiro atoms. The molecule has 0 bridgehead atoms. The largest absolute Gasteiger partial charge is 0.354 e. The first-order chi connectivity index (χ1) is 15.3. The van der Waals surface area contributed by atoms with Crippen molar-refractivity contribution in [1.29, 1.82) is 5.26 Å². The molecule has 0 aliphatic carbocycles. The van der Waals surface area contributed by atoms with Crippen LogP contribution in [0.4, 0.5) is 5.82 Å². The summed E-state index contributed by atoms with van der Waals surface area (Å²) in [6, 6.07) is 3.96. The third-order valence-corrected chi connectivity index (χ3v) is 8.02. The molecule has 1 saturated heterocycles. The van der Waals surface area contributed by atoms with E-state index in [1.54, 1.807) is 18.7 Å². The molecule has 1 fully saturated rings. The van der Waals surface area contributed by atoms with E-state index in [2.05, 4.69) is 26.8 Å². The molecule has 3 heterocycles. The Bertz CT molecular complexity index is 1010. The van der Waals surface area contributed by atoms with E-state index < -0.39 is 13.5 Å². The van der Waals surface area contributed by atoms with Crippen LogP contribution >= 0.6 is 7.60 Å². The molecule has 32 heavy (non-hydrogen) atoms. The van der Waals surface area contributed by atoms with Gasteiger partial charge in [-0.3, -0.25) is 9.36 Å². The second-order valence-electron chi connectivity index (χ2n) is 7.98. The maximum Gasteiger partial charge on any atom is 0.332 e. The monoisotopic (exact) mass is 462 g/mol. The lowest BCUT2D eigenvalue weighted by atomic mass is 9.91. The third kappa shape index (κ3) is 5.12. The Morgan fingerprint density at radius 1 is 1.41 bits per heavy atom. The van der Waals surface area contributed by atoms with Crippen LogP contribution in [-0.2, 0) is 18.4 Å². The van der Waals surface area contributed by atoms with E-state index in [9.17, 15) is 14.6 Å². The van der Waals surface area contributed by atoms with Gasteiger partial charge in [0.2, 0.25) is 5.91 Å². The first-order valence-electron chi connectivity index (χ1n) is 10.9. The highest BCUT2D eigenvalue weighted by molar-refractivity contribution is 7.53. The maximum absolute atomic E-state index is 13.2. The normalized spacial score (nSPS) is 20.2. The minimum atomic E-state index is -3.51. The summed E-state index contributed by atoms with van der Waals surface area (Å²) in [6.07, 6.45) is 3.89. The highest BCUT2D eigenvalue weighted by atomic mass is 31.2. The minimum Gasteiger partial charge on any atom is -0.354 e. The standard InChI is InChI=1S/C21H31N6O4P/c1-5-30-32(29,31-6-2)13-16(11-22)21(28)27-10-8-15(3)18(12-27)26(4)20-17-7-9-23-19(17)24-14-25-20/h7,9,14-16,18H,5-6,8,10,12-13H2,1-4H3,(H,23,24,25). The van der Waals surface area contributed by atoms with Gasteiger partial charge in [0.1, 0.15) is 23.7 Å². The van der Waals surface area contributed by atoms with Gasteiger partial charge in [-0.1, -0.05) is 6.92 Å². The van der Waals surface area contributed by atoms with Crippen LogP contribution in [0.15, 0.2) is 18.6 Å². The number of fused-ring (bicyclic) bond motifs is 1. The summed E-state index contributed by atoms with van der Waals surface area (Å²) in [5.41, 5.74) is 0.755. The molecule has 0 radical (unpaired) electrons. The van der Waals surface area contributed by atoms with Crippen molar-refractivity contribution in [2.45, 2.75) is 33.2 Å². The van der Waals surface area contributed by atoms with E-state index in [1.807, 2.05) is 25.4 Å². The molecule has 3 rings (SSSR count). The van der Waals surface area contributed by atoms with Gasteiger partial charge in [0.15, 0.2) is 0 Å². The van der Waals surface area contributed by atoms with Crippen molar-refractivity contribution in [2.24, 2.45) is 11.8 Å². The Kier molecular flexibility index (Phi) is 7.88. The topological polar surface area (TPSA) is 124 Å². The summed E-state index contributed by atoms with van der Waals surface area (Å²) >= 11 is 0. The summed E-state index contributed by atoms with van der Waals surface area (Å²) < 4.78 is 23.5. The summed E-state index contributed by atoms with van der Waals surface area (Å²) in [5, 5.41) is 10.6. The van der Waals surface area contributed by atoms with Crippen molar-refractivity contribution in [1.82, 2.24) is 19.9 Å². The fourth-order valence-electron chi connectivity index (χ4n) is 4.20. The molecule has 2 aromatic rings. The van der Waals surface area contributed by atoms with Crippen LogP contribution in [0.2, 0.25) is 0 Å². The second kappa shape index (κ2) is 10.4. The maximum atomic E-state index is 13.2. The predicted octanol–water partition coefficient (Wildman–Crippen LogP) is 3.04. The summed E-state index contributed by atoms with van der Waals surface area (Å²) in [6.45, 7) is 6.91. The predicted molar refractivity (Wildman–Crippen MR) is 121 cm³/mol. The van der Waals surface area contributed by atoms with Crippen molar-refractivity contribution in [3.63, 3.8) is 0 Å². The summed E-state index contributed by atoms with van der Waals surface area (Å²) in [4.78, 5) is 28.8. The third-order valence-electron chi connectivity index (χ3n) is 5.91. The number of hydrogen-bond donors (Lipinski definition) is 1. The lowest BCUT2D eigenvalue weighted by Gasteiger charge is -2.42. The quantitative estimate of drug-likeness (QED) is 0.564. The minimum absolute atomic E-state index is 0.00521. The molecule has 1 N–H and O–H groups in total. The number of nitriles is 1. The number of amides is 1. The van der Waals surface area contributed by atoms with Gasteiger partial charge < -0.3 is 23.8 Å². The van der Waals surface area contributed by atoms with Crippen LogP contribution in [0.25, 0.3) is 11.0 Å². The zero-order valence-electron chi connectivity index (χ0n) is 19.0. The van der Waals surface area contributed by atoms with Gasteiger partial charge in [0, 0.05) is 26.3 Å². The van der Waals surface area contributed by atoms with Crippen molar-refractivity contribution >= 4 is 30.4 Å². The molecule has 1 amide bonds. The molecule has 3 unspecified atom stereocenters. The number of likely N-dealkylation sites (tertiary alicyclic amines) is 1. The Morgan fingerprint density at radius 2 is 2.12 bits per heavy atom. The number of aromatic nitrogens is 3. The molecule has 0 aromatic carbocycles. The van der Waals surface area contributed by atoms with Crippen LogP contribution in [0, 0.1) is 23.2 Å². The summed E-state index contributed by atoms with van der Waals surface area (Å²) in [7, 11) is -1.55. The van der Waals surface area contributed by atoms with Crippen LogP contribution in [0.1, 0.15) is 27.2 Å². The lowest BCUT2D eigenvalue weighted by Crippen LogP contribution is -2.54. The van der Waals surface area contributed by atoms with Gasteiger partial charge in [-0.25, -0.2) is 9.97 Å². The number of hydrogen-bond acceptors (Lipinski definition) is 8. The second-order valence-corrected chi connectivity index (χ2v) is 10.1. The fourth-order valence-corrected chi connectivity index (χ4v) is 5.96. The van der Waals surface area contributed by atoms with Crippen LogP contribution in [0.3, 0.4) is 0 Å². The smallest absolute Gasteiger partial charge is 0.332 e. The number of nitrogens with one attached hydrogen (secondary N) is 1. The number of rotatable bonds is 9. The number of carbonyl (C=O) groups excluding carboxylic acids is 1. The average molecular weight is 462 g/mol. The number of aromatic amines is 1. The Hall–Kier alpha value is -2.47. The van der Waals surface area contributed by atoms with E-state index in [0.717, 1.165) is 23.3 Å². The molecule has 1 aliphatic heterocycles. The van der Waals surface area contributed by atoms with Gasteiger partial charge in [0.25, 0.3) is 0 Å². The number of carbonyl (C=O) groups is 1. The fraction of sp³-hybridized carbons (Fsp3) is 0.619. The van der Waals surface area contributed by atoms with E-state index in [1.165, 1.54) is 6.33 Å². The molecule has 2 aromatic heterocycles. The molecular formula is C21H31N6O4P.